The van der Waals surface area contributed by atoms with Crippen LogP contribution in [0.4, 0.5) is 0 Å². The summed E-state index contributed by atoms with van der Waals surface area (Å²) in [6.07, 6.45) is 0. The Morgan fingerprint density at radius 2 is 2.05 bits per heavy atom. The van der Waals surface area contributed by atoms with Gasteiger partial charge in [-0.05, 0) is 23.6 Å². The number of ether oxygens (including phenoxy) is 2. The second-order valence-electron chi connectivity index (χ2n) is 4.46. The first-order chi connectivity index (χ1) is 8.58. The molecule has 6 heteroatoms. The van der Waals surface area contributed by atoms with E-state index < -0.39 is 5.97 Å². The second-order valence-corrected chi connectivity index (χ2v) is 5.59. The van der Waals surface area contributed by atoms with Crippen LogP contribution in [-0.2, 0) is 4.79 Å². The summed E-state index contributed by atoms with van der Waals surface area (Å²) in [5, 5.41) is 10.7. The van der Waals surface area contributed by atoms with Crippen LogP contribution in [0, 0.1) is 5.92 Å². The molecule has 0 spiro atoms. The molecule has 0 fully saturated rings. The molecule has 0 amide bonds. The van der Waals surface area contributed by atoms with E-state index in [4.69, 9.17) is 9.47 Å². The molecule has 1 aromatic carbocycles. The van der Waals surface area contributed by atoms with Crippen LogP contribution in [-0.4, -0.2) is 18.5 Å². The van der Waals surface area contributed by atoms with Crippen LogP contribution >= 0.6 is 11.8 Å². The summed E-state index contributed by atoms with van der Waals surface area (Å²) in [5.74, 6) is 0.761. The van der Waals surface area contributed by atoms with Crippen molar-refractivity contribution in [3.8, 4) is 11.5 Å². The van der Waals surface area contributed by atoms with Gasteiger partial charge in [-0.25, -0.2) is 0 Å². The second kappa shape index (κ2) is 7.43. The van der Waals surface area contributed by atoms with Crippen molar-refractivity contribution in [3.05, 3.63) is 23.8 Å². The van der Waals surface area contributed by atoms with Gasteiger partial charge in [0.05, 0.1) is 5.97 Å². The van der Waals surface area contributed by atoms with Crippen molar-refractivity contribution in [2.24, 2.45) is 5.92 Å². The molecule has 1 aromatic rings. The third-order valence-corrected chi connectivity index (χ3v) is 4.29. The Hall–Kier alpha value is -0.360. The summed E-state index contributed by atoms with van der Waals surface area (Å²) in [5.41, 5.74) is 1.06. The summed E-state index contributed by atoms with van der Waals surface area (Å²) < 4.78 is 10.6. The summed E-state index contributed by atoms with van der Waals surface area (Å²) in [7, 11) is 0. The average molecular weight is 290 g/mol. The quantitative estimate of drug-likeness (QED) is 0.624. The molecule has 1 aliphatic rings. The zero-order valence-corrected chi connectivity index (χ0v) is 14.2. The predicted molar refractivity (Wildman–Crippen MR) is 67.6 cm³/mol. The van der Waals surface area contributed by atoms with Crippen LogP contribution in [0.25, 0.3) is 0 Å². The van der Waals surface area contributed by atoms with Crippen molar-refractivity contribution in [2.45, 2.75) is 19.1 Å². The third-order valence-electron chi connectivity index (χ3n) is 2.71. The van der Waals surface area contributed by atoms with Gasteiger partial charge in [0.2, 0.25) is 6.79 Å². The number of benzene rings is 1. The van der Waals surface area contributed by atoms with Gasteiger partial charge in [0.1, 0.15) is 0 Å². The third kappa shape index (κ3) is 4.31. The van der Waals surface area contributed by atoms with E-state index in [1.807, 2.05) is 18.2 Å². The van der Waals surface area contributed by atoms with Crippen LogP contribution < -0.4 is 44.1 Å². The summed E-state index contributed by atoms with van der Waals surface area (Å²) in [4.78, 5) is 10.6. The minimum Gasteiger partial charge on any atom is -0.549 e. The van der Waals surface area contributed by atoms with E-state index in [0.29, 0.717) is 5.92 Å². The van der Waals surface area contributed by atoms with Gasteiger partial charge >= 0.3 is 29.6 Å². The van der Waals surface area contributed by atoms with Gasteiger partial charge in [-0.2, -0.15) is 0 Å². The summed E-state index contributed by atoms with van der Waals surface area (Å²) in [6, 6.07) is 5.75. The number of hydrogen-bond acceptors (Lipinski definition) is 5. The number of carboxylic acids is 1. The molecule has 0 saturated carbocycles. The topological polar surface area (TPSA) is 58.6 Å². The van der Waals surface area contributed by atoms with Gasteiger partial charge in [-0.3, -0.25) is 0 Å². The molecular formula is C13H15NaO4S. The Balaban J connectivity index is 0.00000180. The largest absolute Gasteiger partial charge is 1.00 e. The van der Waals surface area contributed by atoms with Gasteiger partial charge in [-0.1, -0.05) is 19.9 Å². The molecule has 1 unspecified atom stereocenters. The number of rotatable bonds is 5. The predicted octanol–water partition coefficient (Wildman–Crippen LogP) is -1.40. The molecule has 1 aliphatic heterocycles. The van der Waals surface area contributed by atoms with E-state index in [1.165, 1.54) is 11.8 Å². The molecule has 2 rings (SSSR count). The Kier molecular flexibility index (Phi) is 6.53. The zero-order valence-electron chi connectivity index (χ0n) is 11.3. The first-order valence-electron chi connectivity index (χ1n) is 5.79. The molecule has 0 radical (unpaired) electrons. The minimum atomic E-state index is -1.04. The number of fused-ring (bicyclic) bond motifs is 1. The van der Waals surface area contributed by atoms with Crippen molar-refractivity contribution < 1.29 is 48.9 Å². The Morgan fingerprint density at radius 1 is 1.37 bits per heavy atom. The molecule has 1 heterocycles. The van der Waals surface area contributed by atoms with E-state index in [-0.39, 0.29) is 47.4 Å². The maximum Gasteiger partial charge on any atom is 1.00 e. The fraction of sp³-hybridized carbons (Fsp3) is 0.462. The number of carbonyl (C=O) groups is 1. The molecule has 1 atom stereocenters. The van der Waals surface area contributed by atoms with Gasteiger partial charge in [0.15, 0.2) is 11.5 Å². The smallest absolute Gasteiger partial charge is 0.549 e. The van der Waals surface area contributed by atoms with Gasteiger partial charge in [-0.15, -0.1) is 11.8 Å². The van der Waals surface area contributed by atoms with Crippen LogP contribution in [0.3, 0.4) is 0 Å². The summed E-state index contributed by atoms with van der Waals surface area (Å²) >= 11 is 1.38. The first-order valence-corrected chi connectivity index (χ1v) is 6.84. The molecule has 19 heavy (non-hydrogen) atoms. The van der Waals surface area contributed by atoms with Gasteiger partial charge in [0, 0.05) is 11.0 Å². The number of aliphatic carboxylic acids is 1. The number of carboxylic acid groups (broad SMARTS) is 1. The van der Waals surface area contributed by atoms with E-state index >= 15 is 0 Å². The maximum atomic E-state index is 10.6. The van der Waals surface area contributed by atoms with E-state index in [9.17, 15) is 9.90 Å². The molecule has 0 bridgehead atoms. The van der Waals surface area contributed by atoms with Crippen molar-refractivity contribution in [2.75, 3.05) is 12.5 Å². The van der Waals surface area contributed by atoms with Crippen molar-refractivity contribution >= 4 is 17.7 Å². The first kappa shape index (κ1) is 16.7. The molecule has 98 valence electrons. The number of thioether (sulfide) groups is 1. The minimum absolute atomic E-state index is 0. The fourth-order valence-corrected chi connectivity index (χ4v) is 2.96. The normalized spacial score (nSPS) is 14.1. The van der Waals surface area contributed by atoms with Crippen LogP contribution in [0.5, 0.6) is 11.5 Å². The van der Waals surface area contributed by atoms with Crippen molar-refractivity contribution in [3.63, 3.8) is 0 Å². The molecule has 0 aromatic heterocycles. The van der Waals surface area contributed by atoms with Crippen LogP contribution in [0.2, 0.25) is 0 Å². The van der Waals surface area contributed by atoms with Crippen molar-refractivity contribution in [1.29, 1.82) is 0 Å². The Morgan fingerprint density at radius 3 is 2.68 bits per heavy atom. The van der Waals surface area contributed by atoms with Crippen LogP contribution in [0.1, 0.15) is 24.7 Å². The van der Waals surface area contributed by atoms with Crippen molar-refractivity contribution in [1.82, 2.24) is 0 Å². The average Bonchev–Trinajstić information content (AvgIpc) is 2.75. The molecular weight excluding hydrogens is 275 g/mol. The number of hydrogen-bond donors (Lipinski definition) is 0. The SMILES string of the molecule is CC(C)C(SCC(=O)[O-])c1ccc2c(c1)OCO2.[Na+]. The maximum absolute atomic E-state index is 10.6. The molecule has 0 aliphatic carbocycles. The van der Waals surface area contributed by atoms with Gasteiger partial charge in [0.25, 0.3) is 0 Å². The van der Waals surface area contributed by atoms with E-state index in [2.05, 4.69) is 13.8 Å². The fourth-order valence-electron chi connectivity index (χ4n) is 1.92. The molecule has 4 nitrogen and oxygen atoms in total. The number of carbonyl (C=O) groups excluding carboxylic acids is 1. The van der Waals surface area contributed by atoms with E-state index in [1.54, 1.807) is 0 Å². The zero-order chi connectivity index (χ0) is 13.1. The van der Waals surface area contributed by atoms with Gasteiger partial charge < -0.3 is 19.4 Å². The molecule has 0 saturated heterocycles. The summed E-state index contributed by atoms with van der Waals surface area (Å²) in [6.45, 7) is 4.38. The Labute approximate surface area is 139 Å². The van der Waals surface area contributed by atoms with E-state index in [0.717, 1.165) is 17.1 Å². The Bertz CT molecular complexity index is 450. The molecule has 0 N–H and O–H groups in total. The standard InChI is InChI=1S/C13H16O4S.Na/c1-8(2)13(18-6-12(14)15)9-3-4-10-11(5-9)17-7-16-10;/h3-5,8,13H,6-7H2,1-2H3,(H,14,15);/q;+1/p-1. The van der Waals surface area contributed by atoms with Crippen LogP contribution in [0.15, 0.2) is 18.2 Å². The monoisotopic (exact) mass is 290 g/mol.